The third-order valence-electron chi connectivity index (χ3n) is 2.21. The minimum absolute atomic E-state index is 0.293. The predicted octanol–water partition coefficient (Wildman–Crippen LogP) is 2.32. The van der Waals surface area contributed by atoms with Crippen molar-refractivity contribution < 1.29 is 4.79 Å². The van der Waals surface area contributed by atoms with Crippen molar-refractivity contribution in [3.8, 4) is 0 Å². The molecule has 10 heavy (non-hydrogen) atoms. The van der Waals surface area contributed by atoms with E-state index in [0.717, 1.165) is 25.7 Å². The number of hydrogen-bond acceptors (Lipinski definition) is 1. The van der Waals surface area contributed by atoms with Crippen LogP contribution in [0.4, 0.5) is 0 Å². The number of carbonyl (C=O) groups excluding carboxylic acids is 1. The maximum absolute atomic E-state index is 11.1. The average molecular weight is 138 g/mol. The van der Waals surface area contributed by atoms with E-state index >= 15 is 0 Å². The first-order chi connectivity index (χ1) is 4.74. The Labute approximate surface area is 62.1 Å². The molecule has 0 aromatic carbocycles. The highest BCUT2D eigenvalue weighted by atomic mass is 16.1. The third-order valence-corrected chi connectivity index (χ3v) is 2.21. The largest absolute Gasteiger partial charge is 0.299 e. The molecular formula is C9H14O. The molecule has 0 amide bonds. The van der Waals surface area contributed by atoms with Gasteiger partial charge in [0.05, 0.1) is 0 Å². The van der Waals surface area contributed by atoms with Crippen molar-refractivity contribution in [2.24, 2.45) is 5.92 Å². The summed E-state index contributed by atoms with van der Waals surface area (Å²) < 4.78 is 0. The summed E-state index contributed by atoms with van der Waals surface area (Å²) in [5, 5.41) is 0. The highest BCUT2D eigenvalue weighted by Gasteiger charge is 2.21. The smallest absolute Gasteiger partial charge is 0.136 e. The van der Waals surface area contributed by atoms with Crippen LogP contribution in [0.15, 0.2) is 12.2 Å². The van der Waals surface area contributed by atoms with Crippen LogP contribution in [0.25, 0.3) is 0 Å². The molecule has 0 saturated heterocycles. The topological polar surface area (TPSA) is 17.1 Å². The van der Waals surface area contributed by atoms with Crippen LogP contribution in [0.3, 0.4) is 0 Å². The monoisotopic (exact) mass is 138 g/mol. The molecule has 1 nitrogen and oxygen atoms in total. The van der Waals surface area contributed by atoms with Gasteiger partial charge in [0.15, 0.2) is 0 Å². The summed E-state index contributed by atoms with van der Waals surface area (Å²) in [6, 6.07) is 0. The Hall–Kier alpha value is -0.590. The fourth-order valence-electron chi connectivity index (χ4n) is 1.44. The lowest BCUT2D eigenvalue weighted by atomic mass is 9.84. The number of allylic oxidation sites excluding steroid dienone is 1. The van der Waals surface area contributed by atoms with Crippen molar-refractivity contribution in [2.75, 3.05) is 0 Å². The van der Waals surface area contributed by atoms with Crippen molar-refractivity contribution in [1.29, 1.82) is 0 Å². The van der Waals surface area contributed by atoms with Gasteiger partial charge in [-0.05, 0) is 19.3 Å². The summed E-state index contributed by atoms with van der Waals surface area (Å²) in [7, 11) is 0. The molecule has 0 spiro atoms. The molecule has 1 saturated carbocycles. The zero-order valence-corrected chi connectivity index (χ0v) is 6.52. The number of hydrogen-bond donors (Lipinski definition) is 0. The molecule has 1 aliphatic rings. The maximum atomic E-state index is 11.1. The normalized spacial score (nSPS) is 27.1. The van der Waals surface area contributed by atoms with Crippen molar-refractivity contribution in [3.05, 3.63) is 12.2 Å². The summed E-state index contributed by atoms with van der Waals surface area (Å²) >= 11 is 0. The van der Waals surface area contributed by atoms with E-state index in [1.807, 2.05) is 0 Å². The molecular weight excluding hydrogens is 124 g/mol. The fraction of sp³-hybridized carbons (Fsp3) is 0.667. The van der Waals surface area contributed by atoms with E-state index in [4.69, 9.17) is 0 Å². The molecule has 1 fully saturated rings. The Balaban J connectivity index is 2.53. The SMILES string of the molecule is C=C1CCC(=O)[C@H](CC)C1. The van der Waals surface area contributed by atoms with Crippen molar-refractivity contribution >= 4 is 5.78 Å². The second kappa shape index (κ2) is 3.00. The summed E-state index contributed by atoms with van der Waals surface area (Å²) in [6.45, 7) is 5.97. The minimum Gasteiger partial charge on any atom is -0.299 e. The van der Waals surface area contributed by atoms with Crippen LogP contribution in [0.2, 0.25) is 0 Å². The minimum atomic E-state index is 0.293. The van der Waals surface area contributed by atoms with E-state index < -0.39 is 0 Å². The van der Waals surface area contributed by atoms with E-state index in [2.05, 4.69) is 13.5 Å². The fourth-order valence-corrected chi connectivity index (χ4v) is 1.44. The number of carbonyl (C=O) groups is 1. The summed E-state index contributed by atoms with van der Waals surface area (Å²) in [4.78, 5) is 11.1. The van der Waals surface area contributed by atoms with E-state index in [1.54, 1.807) is 0 Å². The van der Waals surface area contributed by atoms with Gasteiger partial charge in [-0.25, -0.2) is 0 Å². The molecule has 1 aliphatic carbocycles. The van der Waals surface area contributed by atoms with Crippen LogP contribution in [0.1, 0.15) is 32.6 Å². The summed E-state index contributed by atoms with van der Waals surface area (Å²) in [6.07, 6.45) is 3.58. The van der Waals surface area contributed by atoms with E-state index in [-0.39, 0.29) is 0 Å². The van der Waals surface area contributed by atoms with Crippen molar-refractivity contribution in [2.45, 2.75) is 32.6 Å². The Morgan fingerprint density at radius 2 is 2.30 bits per heavy atom. The first kappa shape index (κ1) is 7.52. The van der Waals surface area contributed by atoms with Gasteiger partial charge in [-0.1, -0.05) is 19.1 Å². The van der Waals surface area contributed by atoms with Crippen LogP contribution >= 0.6 is 0 Å². The molecule has 0 radical (unpaired) electrons. The number of rotatable bonds is 1. The first-order valence-electron chi connectivity index (χ1n) is 3.93. The Bertz CT molecular complexity index is 158. The second-order valence-corrected chi connectivity index (χ2v) is 3.03. The summed E-state index contributed by atoms with van der Waals surface area (Å²) in [5.41, 5.74) is 1.26. The van der Waals surface area contributed by atoms with Gasteiger partial charge in [-0.3, -0.25) is 4.79 Å². The molecule has 0 aliphatic heterocycles. The maximum Gasteiger partial charge on any atom is 0.136 e. The van der Waals surface area contributed by atoms with Crippen LogP contribution in [0.5, 0.6) is 0 Å². The second-order valence-electron chi connectivity index (χ2n) is 3.03. The van der Waals surface area contributed by atoms with E-state index in [0.29, 0.717) is 11.7 Å². The highest BCUT2D eigenvalue weighted by molar-refractivity contribution is 5.82. The molecule has 0 heterocycles. The van der Waals surface area contributed by atoms with Crippen LogP contribution in [0, 0.1) is 5.92 Å². The lowest BCUT2D eigenvalue weighted by Gasteiger charge is -2.20. The number of ketones is 1. The lowest BCUT2D eigenvalue weighted by Crippen LogP contribution is -2.18. The molecule has 1 atom stereocenters. The Morgan fingerprint density at radius 3 is 2.80 bits per heavy atom. The van der Waals surface area contributed by atoms with Gasteiger partial charge in [0.25, 0.3) is 0 Å². The van der Waals surface area contributed by atoms with Crippen LogP contribution in [-0.2, 0) is 4.79 Å². The Morgan fingerprint density at radius 1 is 1.60 bits per heavy atom. The van der Waals surface area contributed by atoms with Gasteiger partial charge in [0.1, 0.15) is 5.78 Å². The predicted molar refractivity (Wildman–Crippen MR) is 41.8 cm³/mol. The molecule has 0 aromatic heterocycles. The zero-order valence-electron chi connectivity index (χ0n) is 6.52. The molecule has 0 aromatic rings. The van der Waals surface area contributed by atoms with E-state index in [1.165, 1.54) is 5.57 Å². The molecule has 0 bridgehead atoms. The van der Waals surface area contributed by atoms with Gasteiger partial charge in [-0.15, -0.1) is 0 Å². The van der Waals surface area contributed by atoms with Crippen molar-refractivity contribution in [3.63, 3.8) is 0 Å². The zero-order chi connectivity index (χ0) is 7.56. The van der Waals surface area contributed by atoms with Crippen LogP contribution < -0.4 is 0 Å². The molecule has 0 unspecified atom stereocenters. The first-order valence-corrected chi connectivity index (χ1v) is 3.93. The van der Waals surface area contributed by atoms with Gasteiger partial charge in [0.2, 0.25) is 0 Å². The van der Waals surface area contributed by atoms with E-state index in [9.17, 15) is 4.79 Å². The molecule has 1 rings (SSSR count). The average Bonchev–Trinajstić information content (AvgIpc) is 1.94. The summed E-state index contributed by atoms with van der Waals surface area (Å²) in [5.74, 6) is 0.733. The molecule has 1 heteroatoms. The van der Waals surface area contributed by atoms with Gasteiger partial charge < -0.3 is 0 Å². The van der Waals surface area contributed by atoms with Gasteiger partial charge in [0, 0.05) is 12.3 Å². The third kappa shape index (κ3) is 1.47. The quantitative estimate of drug-likeness (QED) is 0.508. The Kier molecular flexibility index (Phi) is 2.25. The molecule has 0 N–H and O–H groups in total. The van der Waals surface area contributed by atoms with Gasteiger partial charge >= 0.3 is 0 Å². The van der Waals surface area contributed by atoms with Gasteiger partial charge in [-0.2, -0.15) is 0 Å². The lowest BCUT2D eigenvalue weighted by molar-refractivity contribution is -0.123. The standard InChI is InChI=1S/C9H14O/c1-3-8-6-7(2)4-5-9(8)10/h8H,2-6H2,1H3/t8-/m1/s1. The van der Waals surface area contributed by atoms with Crippen molar-refractivity contribution in [1.82, 2.24) is 0 Å². The number of Topliss-reactive ketones (excluding diaryl/α,β-unsaturated/α-hetero) is 1. The van der Waals surface area contributed by atoms with Crippen LogP contribution in [-0.4, -0.2) is 5.78 Å². The molecule has 56 valence electrons. The highest BCUT2D eigenvalue weighted by Crippen LogP contribution is 2.26.